The van der Waals surface area contributed by atoms with E-state index in [1.54, 1.807) is 0 Å². The van der Waals surface area contributed by atoms with E-state index < -0.39 is 36.6 Å². The fourth-order valence-electron chi connectivity index (χ4n) is 9.52. The molecule has 0 aromatic heterocycles. The third kappa shape index (κ3) is 3.73. The van der Waals surface area contributed by atoms with Gasteiger partial charge >= 0.3 is 0 Å². The van der Waals surface area contributed by atoms with Crippen molar-refractivity contribution >= 4 is 0 Å². The molecule has 7 rings (SSSR count). The van der Waals surface area contributed by atoms with Crippen LogP contribution in [0.3, 0.4) is 0 Å². The SMILES string of the molecule is OC1[C@H]2OC(C3CCCC4CCCCC43)O[C@H]2C(O)[C@@H]2OC(C3CCCC4CCCCC43)O[C@@H]12. The molecule has 6 nitrogen and oxygen atoms in total. The highest BCUT2D eigenvalue weighted by Gasteiger charge is 2.62. The second-order valence-electron chi connectivity index (χ2n) is 12.7. The van der Waals surface area contributed by atoms with Crippen LogP contribution < -0.4 is 0 Å². The molecule has 192 valence electrons. The van der Waals surface area contributed by atoms with Crippen molar-refractivity contribution < 1.29 is 29.2 Å². The van der Waals surface area contributed by atoms with Gasteiger partial charge < -0.3 is 29.2 Å². The smallest absolute Gasteiger partial charge is 0.161 e. The van der Waals surface area contributed by atoms with Gasteiger partial charge in [0.15, 0.2) is 12.6 Å². The van der Waals surface area contributed by atoms with Gasteiger partial charge in [0.2, 0.25) is 0 Å². The normalized spacial score (nSPS) is 57.4. The van der Waals surface area contributed by atoms with Gasteiger partial charge in [0.25, 0.3) is 0 Å². The van der Waals surface area contributed by atoms with E-state index in [0.29, 0.717) is 23.7 Å². The van der Waals surface area contributed by atoms with Crippen LogP contribution in [0.2, 0.25) is 0 Å². The number of aliphatic hydroxyl groups excluding tert-OH is 2. The van der Waals surface area contributed by atoms with Crippen molar-refractivity contribution in [3.05, 3.63) is 0 Å². The highest BCUT2D eigenvalue weighted by molar-refractivity contribution is 5.07. The van der Waals surface area contributed by atoms with Crippen LogP contribution >= 0.6 is 0 Å². The van der Waals surface area contributed by atoms with Gasteiger partial charge in [-0.2, -0.15) is 0 Å². The first-order chi connectivity index (χ1) is 16.7. The molecule has 2 saturated heterocycles. The Balaban J connectivity index is 1.05. The highest BCUT2D eigenvalue weighted by atomic mass is 16.8. The predicted octanol–water partition coefficient (Wildman–Crippen LogP) is 4.16. The summed E-state index contributed by atoms with van der Waals surface area (Å²) in [4.78, 5) is 0. The molecule has 2 heterocycles. The Labute approximate surface area is 204 Å². The molecule has 0 bridgehead atoms. The first-order valence-electron chi connectivity index (χ1n) is 14.7. The molecular weight excluding hydrogens is 432 g/mol. The van der Waals surface area contributed by atoms with Gasteiger partial charge in [-0.1, -0.05) is 64.2 Å². The summed E-state index contributed by atoms with van der Waals surface area (Å²) in [6, 6.07) is 0. The lowest BCUT2D eigenvalue weighted by atomic mass is 9.65. The van der Waals surface area contributed by atoms with Crippen LogP contribution in [0.25, 0.3) is 0 Å². The van der Waals surface area contributed by atoms with Crippen LogP contribution in [0.1, 0.15) is 89.9 Å². The molecular formula is C28H44O6. The van der Waals surface area contributed by atoms with Gasteiger partial charge in [-0.05, 0) is 49.4 Å². The highest BCUT2D eigenvalue weighted by Crippen LogP contribution is 2.51. The lowest BCUT2D eigenvalue weighted by Crippen LogP contribution is -2.61. The molecule has 10 unspecified atom stereocenters. The minimum atomic E-state index is -0.815. The molecule has 2 N–H and O–H groups in total. The molecule has 0 spiro atoms. The average molecular weight is 477 g/mol. The van der Waals surface area contributed by atoms with Crippen LogP contribution in [0, 0.1) is 35.5 Å². The number of hydrogen-bond acceptors (Lipinski definition) is 6. The molecule has 7 fully saturated rings. The van der Waals surface area contributed by atoms with Crippen molar-refractivity contribution in [2.45, 2.75) is 139 Å². The van der Waals surface area contributed by atoms with Gasteiger partial charge in [-0.25, -0.2) is 0 Å². The number of hydrogen-bond donors (Lipinski definition) is 2. The van der Waals surface area contributed by atoms with Gasteiger partial charge in [-0.15, -0.1) is 0 Å². The van der Waals surface area contributed by atoms with Gasteiger partial charge in [0.05, 0.1) is 0 Å². The van der Waals surface area contributed by atoms with Crippen molar-refractivity contribution in [3.63, 3.8) is 0 Å². The third-order valence-electron chi connectivity index (χ3n) is 11.1. The minimum Gasteiger partial charge on any atom is -0.387 e. The number of aliphatic hydroxyl groups is 2. The Morgan fingerprint density at radius 1 is 0.382 bits per heavy atom. The Kier molecular flexibility index (Phi) is 6.24. The third-order valence-corrected chi connectivity index (χ3v) is 11.1. The maximum Gasteiger partial charge on any atom is 0.161 e. The van der Waals surface area contributed by atoms with E-state index in [-0.39, 0.29) is 12.6 Å². The standard InChI is InChI=1S/C28H44O6/c29-21-23-24(32-27(31-23)19-13-5-9-15-7-1-3-11-17(15)19)22(30)26-25(21)33-28(34-26)20-14-6-10-16-8-2-4-12-18(16)20/h15-30H,1-14H2/t15?,16?,17?,18?,19?,20?,21?,22?,23-,24-,25-,26+,27?,28?/m0/s1. The fraction of sp³-hybridized carbons (Fsp3) is 1.00. The first-order valence-corrected chi connectivity index (χ1v) is 14.7. The van der Waals surface area contributed by atoms with E-state index in [4.69, 9.17) is 18.9 Å². The molecule has 7 aliphatic rings. The van der Waals surface area contributed by atoms with E-state index in [1.165, 1.54) is 77.0 Å². The quantitative estimate of drug-likeness (QED) is 0.623. The van der Waals surface area contributed by atoms with Crippen LogP contribution in [0.5, 0.6) is 0 Å². The minimum absolute atomic E-state index is 0.318. The predicted molar refractivity (Wildman–Crippen MR) is 125 cm³/mol. The number of rotatable bonds is 2. The molecule has 5 aliphatic carbocycles. The Hall–Kier alpha value is -0.240. The van der Waals surface area contributed by atoms with Gasteiger partial charge in [-0.3, -0.25) is 0 Å². The van der Waals surface area contributed by atoms with Crippen LogP contribution in [0.15, 0.2) is 0 Å². The zero-order valence-electron chi connectivity index (χ0n) is 20.5. The van der Waals surface area contributed by atoms with Crippen LogP contribution in [-0.4, -0.2) is 59.4 Å². The van der Waals surface area contributed by atoms with Gasteiger partial charge in [0, 0.05) is 11.8 Å². The summed E-state index contributed by atoms with van der Waals surface area (Å²) >= 11 is 0. The molecule has 2 aliphatic heterocycles. The maximum atomic E-state index is 11.3. The molecule has 6 heteroatoms. The van der Waals surface area contributed by atoms with E-state index in [9.17, 15) is 10.2 Å². The van der Waals surface area contributed by atoms with E-state index in [0.717, 1.165) is 24.7 Å². The second kappa shape index (κ2) is 9.25. The van der Waals surface area contributed by atoms with Crippen molar-refractivity contribution in [2.75, 3.05) is 0 Å². The zero-order chi connectivity index (χ0) is 22.8. The van der Waals surface area contributed by atoms with E-state index in [2.05, 4.69) is 0 Å². The molecule has 0 radical (unpaired) electrons. The summed E-state index contributed by atoms with van der Waals surface area (Å²) in [7, 11) is 0. The maximum absolute atomic E-state index is 11.3. The number of ether oxygens (including phenoxy) is 4. The molecule has 14 atom stereocenters. The molecule has 5 saturated carbocycles. The summed E-state index contributed by atoms with van der Waals surface area (Å²) in [5.74, 6) is 3.67. The Morgan fingerprint density at radius 2 is 0.706 bits per heavy atom. The van der Waals surface area contributed by atoms with E-state index in [1.807, 2.05) is 0 Å². The summed E-state index contributed by atoms with van der Waals surface area (Å²) in [5.41, 5.74) is 0. The van der Waals surface area contributed by atoms with Crippen molar-refractivity contribution in [1.29, 1.82) is 0 Å². The summed E-state index contributed by atoms with van der Waals surface area (Å²) in [6.07, 6.45) is 13.5. The lowest BCUT2D eigenvalue weighted by molar-refractivity contribution is -0.170. The second-order valence-corrected chi connectivity index (χ2v) is 12.7. The van der Waals surface area contributed by atoms with Crippen molar-refractivity contribution in [2.24, 2.45) is 35.5 Å². The number of fused-ring (bicyclic) bond motifs is 4. The first kappa shape index (κ1) is 22.9. The summed E-state index contributed by atoms with van der Waals surface area (Å²) < 4.78 is 25.8. The topological polar surface area (TPSA) is 77.4 Å². The summed E-state index contributed by atoms with van der Waals surface area (Å²) in [6.45, 7) is 0. The Bertz CT molecular complexity index is 644. The molecule has 34 heavy (non-hydrogen) atoms. The average Bonchev–Trinajstić information content (AvgIpc) is 3.53. The molecule has 0 aromatic carbocycles. The summed E-state index contributed by atoms with van der Waals surface area (Å²) in [5, 5.41) is 22.7. The zero-order valence-corrected chi connectivity index (χ0v) is 20.5. The van der Waals surface area contributed by atoms with E-state index >= 15 is 0 Å². The lowest BCUT2D eigenvalue weighted by Gasteiger charge is -2.43. The fourth-order valence-corrected chi connectivity index (χ4v) is 9.52. The monoisotopic (exact) mass is 476 g/mol. The Morgan fingerprint density at radius 3 is 1.12 bits per heavy atom. The van der Waals surface area contributed by atoms with Crippen molar-refractivity contribution in [3.8, 4) is 0 Å². The van der Waals surface area contributed by atoms with Crippen molar-refractivity contribution in [1.82, 2.24) is 0 Å². The van der Waals surface area contributed by atoms with Crippen LogP contribution in [0.4, 0.5) is 0 Å². The van der Waals surface area contributed by atoms with Gasteiger partial charge in [0.1, 0.15) is 36.6 Å². The largest absolute Gasteiger partial charge is 0.387 e. The molecule has 0 amide bonds. The van der Waals surface area contributed by atoms with Crippen LogP contribution in [-0.2, 0) is 18.9 Å². The molecule has 0 aromatic rings.